The molecule has 0 heterocycles. The summed E-state index contributed by atoms with van der Waals surface area (Å²) in [5, 5.41) is 0.122. The quantitative estimate of drug-likeness (QED) is 0.681. The highest BCUT2D eigenvalue weighted by atomic mass is 28.4. The summed E-state index contributed by atoms with van der Waals surface area (Å²) >= 11 is 0. The molecule has 0 aliphatic heterocycles. The molecule has 0 aromatic heterocycles. The Morgan fingerprint density at radius 2 is 1.62 bits per heavy atom. The van der Waals surface area contributed by atoms with Crippen molar-refractivity contribution in [2.75, 3.05) is 0 Å². The Labute approximate surface area is 101 Å². The van der Waals surface area contributed by atoms with Crippen LogP contribution in [0.25, 0.3) is 0 Å². The predicted molar refractivity (Wildman–Crippen MR) is 69.9 cm³/mol. The molecule has 0 N–H and O–H groups in total. The van der Waals surface area contributed by atoms with Crippen LogP contribution in [0.4, 0.5) is 0 Å². The molecule has 1 aliphatic rings. The smallest absolute Gasteiger partial charge is 0.295 e. The maximum absolute atomic E-state index is 12.1. The van der Waals surface area contributed by atoms with Crippen LogP contribution in [0, 0.1) is 5.92 Å². The predicted octanol–water partition coefficient (Wildman–Crippen LogP) is 4.12. The lowest BCUT2D eigenvalue weighted by atomic mass is 9.90. The van der Waals surface area contributed by atoms with Crippen molar-refractivity contribution in [2.24, 2.45) is 5.92 Å². The van der Waals surface area contributed by atoms with E-state index in [0.717, 1.165) is 12.8 Å². The largest absolute Gasteiger partial charge is 0.519 e. The van der Waals surface area contributed by atoms with E-state index in [0.29, 0.717) is 0 Å². The molecule has 0 atom stereocenters. The summed E-state index contributed by atoms with van der Waals surface area (Å²) in [7, 11) is -1.90. The van der Waals surface area contributed by atoms with Crippen molar-refractivity contribution < 1.29 is 9.22 Å². The zero-order valence-corrected chi connectivity index (χ0v) is 12.4. The summed E-state index contributed by atoms with van der Waals surface area (Å²) in [4.78, 5) is 12.1. The maximum atomic E-state index is 12.1. The van der Waals surface area contributed by atoms with Gasteiger partial charge in [-0.15, -0.1) is 0 Å². The first-order chi connectivity index (χ1) is 7.24. The fourth-order valence-electron chi connectivity index (χ4n) is 1.83. The molecule has 2 nitrogen and oxygen atoms in total. The Morgan fingerprint density at radius 3 is 2.06 bits per heavy atom. The molecular weight excluding hydrogens is 216 g/mol. The van der Waals surface area contributed by atoms with Gasteiger partial charge in [-0.05, 0) is 31.0 Å². The fraction of sp³-hybridized carbons (Fsp3) is 0.923. The first kappa shape index (κ1) is 13.8. The van der Waals surface area contributed by atoms with Gasteiger partial charge < -0.3 is 4.43 Å². The molecule has 0 amide bonds. The lowest BCUT2D eigenvalue weighted by Crippen LogP contribution is -2.44. The van der Waals surface area contributed by atoms with Crippen molar-refractivity contribution in [3.8, 4) is 0 Å². The zero-order valence-electron chi connectivity index (χ0n) is 11.4. The van der Waals surface area contributed by atoms with Crippen molar-refractivity contribution >= 4 is 14.3 Å². The number of rotatable bonds is 2. The van der Waals surface area contributed by atoms with E-state index in [-0.39, 0.29) is 16.9 Å². The van der Waals surface area contributed by atoms with Crippen molar-refractivity contribution in [1.82, 2.24) is 0 Å². The van der Waals surface area contributed by atoms with Crippen LogP contribution in [0.1, 0.15) is 52.9 Å². The molecule has 0 spiro atoms. The molecule has 1 fully saturated rings. The molecule has 0 unspecified atom stereocenters. The fourth-order valence-corrected chi connectivity index (χ4v) is 2.80. The lowest BCUT2D eigenvalue weighted by Gasteiger charge is -2.37. The summed E-state index contributed by atoms with van der Waals surface area (Å²) in [5.74, 6) is 0.258. The first-order valence-corrected chi connectivity index (χ1v) is 9.38. The minimum atomic E-state index is -1.90. The van der Waals surface area contributed by atoms with E-state index >= 15 is 0 Å². The molecule has 1 rings (SSSR count). The van der Waals surface area contributed by atoms with Crippen LogP contribution >= 0.6 is 0 Å². The second-order valence-corrected chi connectivity index (χ2v) is 11.2. The number of carbonyl (C=O) groups is 1. The van der Waals surface area contributed by atoms with Crippen LogP contribution in [0.2, 0.25) is 18.1 Å². The third-order valence-electron chi connectivity index (χ3n) is 4.10. The van der Waals surface area contributed by atoms with Gasteiger partial charge in [0.25, 0.3) is 14.3 Å². The standard InChI is InChI=1S/C13H26O2Si/c1-13(2,3)16(4,5)15-12(14)11-9-7-6-8-10-11/h11H,6-10H2,1-5H3. The molecule has 0 saturated heterocycles. The van der Waals surface area contributed by atoms with E-state index in [4.69, 9.17) is 4.43 Å². The van der Waals surface area contributed by atoms with Crippen LogP contribution in [-0.2, 0) is 9.22 Å². The Balaban J connectivity index is 2.56. The van der Waals surface area contributed by atoms with Crippen LogP contribution < -0.4 is 0 Å². The van der Waals surface area contributed by atoms with Crippen LogP contribution in [0.3, 0.4) is 0 Å². The Kier molecular flexibility index (Phi) is 4.21. The maximum Gasteiger partial charge on any atom is 0.295 e. The van der Waals surface area contributed by atoms with E-state index in [1.165, 1.54) is 19.3 Å². The average molecular weight is 242 g/mol. The van der Waals surface area contributed by atoms with E-state index in [1.807, 2.05) is 0 Å². The average Bonchev–Trinajstić information content (AvgIpc) is 2.16. The van der Waals surface area contributed by atoms with Gasteiger partial charge in [-0.3, -0.25) is 4.79 Å². The van der Waals surface area contributed by atoms with Gasteiger partial charge >= 0.3 is 0 Å². The normalized spacial score (nSPS) is 19.6. The summed E-state index contributed by atoms with van der Waals surface area (Å²) in [6, 6.07) is 0. The molecule has 0 radical (unpaired) electrons. The molecule has 16 heavy (non-hydrogen) atoms. The van der Waals surface area contributed by atoms with Crippen LogP contribution in [0.15, 0.2) is 0 Å². The minimum Gasteiger partial charge on any atom is -0.519 e. The third-order valence-corrected chi connectivity index (χ3v) is 8.42. The van der Waals surface area contributed by atoms with Gasteiger partial charge in [-0.1, -0.05) is 40.0 Å². The van der Waals surface area contributed by atoms with Crippen molar-refractivity contribution in [3.05, 3.63) is 0 Å². The topological polar surface area (TPSA) is 26.3 Å². The SMILES string of the molecule is CC(C)(C)[Si](C)(C)OC(=O)C1CCCCC1. The number of carbonyl (C=O) groups excluding carboxylic acids is 1. The Morgan fingerprint density at radius 1 is 1.12 bits per heavy atom. The summed E-state index contributed by atoms with van der Waals surface area (Å²) in [6.45, 7) is 10.8. The van der Waals surface area contributed by atoms with Crippen LogP contribution in [-0.4, -0.2) is 14.3 Å². The van der Waals surface area contributed by atoms with E-state index in [1.54, 1.807) is 0 Å². The minimum absolute atomic E-state index is 0.0753. The van der Waals surface area contributed by atoms with Crippen molar-refractivity contribution in [3.63, 3.8) is 0 Å². The third kappa shape index (κ3) is 3.34. The zero-order chi connectivity index (χ0) is 12.4. The van der Waals surface area contributed by atoms with Gasteiger partial charge in [0.05, 0.1) is 5.92 Å². The second kappa shape index (κ2) is 4.90. The highest BCUT2D eigenvalue weighted by Gasteiger charge is 2.41. The lowest BCUT2D eigenvalue weighted by molar-refractivity contribution is -0.141. The van der Waals surface area contributed by atoms with E-state index < -0.39 is 8.32 Å². The van der Waals surface area contributed by atoms with E-state index in [9.17, 15) is 4.79 Å². The van der Waals surface area contributed by atoms with Crippen molar-refractivity contribution in [1.29, 1.82) is 0 Å². The molecule has 94 valence electrons. The first-order valence-electron chi connectivity index (χ1n) is 6.47. The second-order valence-electron chi connectivity index (χ2n) is 6.52. The molecule has 1 aliphatic carbocycles. The summed E-state index contributed by atoms with van der Waals surface area (Å²) in [5.41, 5.74) is 0. The highest BCUT2D eigenvalue weighted by Crippen LogP contribution is 2.38. The summed E-state index contributed by atoms with van der Waals surface area (Å²) < 4.78 is 5.84. The van der Waals surface area contributed by atoms with Crippen LogP contribution in [0.5, 0.6) is 0 Å². The molecule has 0 aromatic rings. The van der Waals surface area contributed by atoms with Crippen molar-refractivity contribution in [2.45, 2.75) is 71.0 Å². The van der Waals surface area contributed by atoms with Gasteiger partial charge in [0.15, 0.2) is 0 Å². The van der Waals surface area contributed by atoms with Gasteiger partial charge in [0.1, 0.15) is 0 Å². The molecule has 1 saturated carbocycles. The number of hydrogen-bond donors (Lipinski definition) is 0. The molecular formula is C13H26O2Si. The molecule has 3 heteroatoms. The van der Waals surface area contributed by atoms with Gasteiger partial charge in [-0.25, -0.2) is 0 Å². The van der Waals surface area contributed by atoms with Gasteiger partial charge in [0, 0.05) is 0 Å². The Hall–Kier alpha value is -0.313. The highest BCUT2D eigenvalue weighted by molar-refractivity contribution is 6.75. The molecule has 0 bridgehead atoms. The molecule has 0 aromatic carbocycles. The summed E-state index contributed by atoms with van der Waals surface area (Å²) in [6.07, 6.45) is 5.74. The Bertz CT molecular complexity index is 247. The number of hydrogen-bond acceptors (Lipinski definition) is 2. The van der Waals surface area contributed by atoms with Gasteiger partial charge in [-0.2, -0.15) is 0 Å². The monoisotopic (exact) mass is 242 g/mol. The van der Waals surface area contributed by atoms with E-state index in [2.05, 4.69) is 33.9 Å². The van der Waals surface area contributed by atoms with Gasteiger partial charge in [0.2, 0.25) is 0 Å².